The van der Waals surface area contributed by atoms with Crippen LogP contribution in [0.3, 0.4) is 0 Å². The summed E-state index contributed by atoms with van der Waals surface area (Å²) in [6.45, 7) is 3.34. The van der Waals surface area contributed by atoms with E-state index in [9.17, 15) is 18.8 Å². The van der Waals surface area contributed by atoms with E-state index in [4.69, 9.17) is 4.74 Å². The first kappa shape index (κ1) is 20.5. The largest absolute Gasteiger partial charge is 0.446 e. The van der Waals surface area contributed by atoms with Crippen molar-refractivity contribution in [3.8, 4) is 0 Å². The van der Waals surface area contributed by atoms with Crippen molar-refractivity contribution >= 4 is 17.8 Å². The van der Waals surface area contributed by atoms with Gasteiger partial charge in [-0.1, -0.05) is 29.8 Å². The summed E-state index contributed by atoms with van der Waals surface area (Å²) in [5.74, 6) is -2.10. The Morgan fingerprint density at radius 2 is 1.79 bits per heavy atom. The second-order valence-electron chi connectivity index (χ2n) is 7.22. The lowest BCUT2D eigenvalue weighted by Gasteiger charge is -2.21. The van der Waals surface area contributed by atoms with Gasteiger partial charge < -0.3 is 15.4 Å². The van der Waals surface area contributed by atoms with Crippen molar-refractivity contribution in [3.05, 3.63) is 71.0 Å². The number of hydrogen-bond donors (Lipinski definition) is 2. The topological polar surface area (TPSA) is 84.5 Å². The van der Waals surface area contributed by atoms with E-state index in [2.05, 4.69) is 10.6 Å². The fraction of sp³-hybridized carbons (Fsp3) is 0.318. The molecule has 6 nitrogen and oxygen atoms in total. The Bertz CT molecular complexity index is 909. The first-order valence-electron chi connectivity index (χ1n) is 9.47. The molecule has 2 amide bonds. The van der Waals surface area contributed by atoms with Crippen LogP contribution in [0.5, 0.6) is 0 Å². The van der Waals surface area contributed by atoms with Gasteiger partial charge in [0.25, 0.3) is 11.8 Å². The quantitative estimate of drug-likeness (QED) is 0.703. The third kappa shape index (κ3) is 5.63. The number of hydrogen-bond acceptors (Lipinski definition) is 4. The third-order valence-corrected chi connectivity index (χ3v) is 4.55. The highest BCUT2D eigenvalue weighted by atomic mass is 19.1. The Morgan fingerprint density at radius 1 is 1.10 bits per heavy atom. The third-order valence-electron chi connectivity index (χ3n) is 4.55. The molecule has 1 saturated carbocycles. The van der Waals surface area contributed by atoms with E-state index in [1.807, 2.05) is 13.0 Å². The van der Waals surface area contributed by atoms with Gasteiger partial charge in [-0.25, -0.2) is 9.18 Å². The number of carbonyl (C=O) groups is 3. The monoisotopic (exact) mass is 398 g/mol. The van der Waals surface area contributed by atoms with Crippen LogP contribution in [0.25, 0.3) is 0 Å². The van der Waals surface area contributed by atoms with Crippen LogP contribution in [0.2, 0.25) is 0 Å². The molecular formula is C22H23FN2O4. The summed E-state index contributed by atoms with van der Waals surface area (Å²) >= 11 is 0. The van der Waals surface area contributed by atoms with Gasteiger partial charge in [0.15, 0.2) is 0 Å². The van der Waals surface area contributed by atoms with Crippen LogP contribution in [-0.4, -0.2) is 29.9 Å². The van der Waals surface area contributed by atoms with Crippen LogP contribution in [0.1, 0.15) is 47.4 Å². The van der Waals surface area contributed by atoms with Gasteiger partial charge in [0, 0.05) is 17.2 Å². The maximum Gasteiger partial charge on any atom is 0.329 e. The summed E-state index contributed by atoms with van der Waals surface area (Å²) in [5, 5.41) is 5.36. The molecule has 1 fully saturated rings. The van der Waals surface area contributed by atoms with E-state index < -0.39 is 35.7 Å². The zero-order chi connectivity index (χ0) is 21.0. The van der Waals surface area contributed by atoms with Gasteiger partial charge in [0.2, 0.25) is 6.10 Å². The fourth-order valence-electron chi connectivity index (χ4n) is 2.76. The summed E-state index contributed by atoms with van der Waals surface area (Å²) in [4.78, 5) is 37.4. The predicted octanol–water partition coefficient (Wildman–Crippen LogP) is 2.82. The molecule has 0 bridgehead atoms. The fourth-order valence-corrected chi connectivity index (χ4v) is 2.76. The first-order valence-corrected chi connectivity index (χ1v) is 9.47. The minimum atomic E-state index is -1.22. The van der Waals surface area contributed by atoms with Crippen molar-refractivity contribution in [2.45, 2.75) is 44.9 Å². The highest BCUT2D eigenvalue weighted by Gasteiger charge is 2.32. The van der Waals surface area contributed by atoms with E-state index in [-0.39, 0.29) is 6.04 Å². The average Bonchev–Trinajstić information content (AvgIpc) is 3.50. The first-order chi connectivity index (χ1) is 13.8. The number of benzene rings is 2. The minimum Gasteiger partial charge on any atom is -0.446 e. The van der Waals surface area contributed by atoms with E-state index in [0.29, 0.717) is 11.1 Å². The molecule has 7 heteroatoms. The number of carbonyl (C=O) groups excluding carboxylic acids is 3. The molecule has 0 radical (unpaired) electrons. The summed E-state index contributed by atoms with van der Waals surface area (Å²) in [7, 11) is 0. The molecule has 2 aromatic carbocycles. The molecule has 2 atom stereocenters. The number of amides is 2. The molecule has 2 aromatic rings. The normalized spacial score (nSPS) is 15.1. The number of aryl methyl sites for hydroxylation is 1. The molecule has 1 aliphatic rings. The van der Waals surface area contributed by atoms with Gasteiger partial charge >= 0.3 is 5.97 Å². The Labute approximate surface area is 168 Å². The number of esters is 1. The highest BCUT2D eigenvalue weighted by Crippen LogP contribution is 2.24. The molecule has 0 aliphatic heterocycles. The molecule has 152 valence electrons. The standard InChI is InChI=1S/C22H23FN2O4/c1-13-4-3-5-16(12-13)20(26)24-14(2)22(28)29-19(21(27)25-18-10-11-18)15-6-8-17(23)9-7-15/h3-9,12,14,18-19H,10-11H2,1-2H3,(H,24,26)(H,25,27)/t14-,19?/m0/s1. The molecule has 1 unspecified atom stereocenters. The van der Waals surface area contributed by atoms with Crippen molar-refractivity contribution in [1.29, 1.82) is 0 Å². The molecule has 29 heavy (non-hydrogen) atoms. The Kier molecular flexibility index (Phi) is 6.26. The molecule has 1 aliphatic carbocycles. The Balaban J connectivity index is 1.68. The van der Waals surface area contributed by atoms with Gasteiger partial charge in [-0.3, -0.25) is 9.59 Å². The van der Waals surface area contributed by atoms with E-state index in [0.717, 1.165) is 18.4 Å². The second kappa shape index (κ2) is 8.86. The molecule has 0 saturated heterocycles. The van der Waals surface area contributed by atoms with Crippen molar-refractivity contribution in [1.82, 2.24) is 10.6 Å². The molecule has 0 spiro atoms. The zero-order valence-corrected chi connectivity index (χ0v) is 16.3. The highest BCUT2D eigenvalue weighted by molar-refractivity contribution is 5.97. The Hall–Kier alpha value is -3.22. The van der Waals surface area contributed by atoms with Gasteiger partial charge in [-0.15, -0.1) is 0 Å². The van der Waals surface area contributed by atoms with E-state index in [1.54, 1.807) is 18.2 Å². The number of rotatable bonds is 7. The lowest BCUT2D eigenvalue weighted by atomic mass is 10.1. The van der Waals surface area contributed by atoms with Gasteiger partial charge in [-0.05, 0) is 51.0 Å². The summed E-state index contributed by atoms with van der Waals surface area (Å²) in [6.07, 6.45) is 0.527. The van der Waals surface area contributed by atoms with Crippen molar-refractivity contribution in [2.75, 3.05) is 0 Å². The molecule has 0 aromatic heterocycles. The van der Waals surface area contributed by atoms with Gasteiger partial charge in [0.1, 0.15) is 11.9 Å². The SMILES string of the molecule is Cc1cccc(C(=O)N[C@@H](C)C(=O)OC(C(=O)NC2CC2)c2ccc(F)cc2)c1. The van der Waals surface area contributed by atoms with Crippen LogP contribution >= 0.6 is 0 Å². The van der Waals surface area contributed by atoms with Gasteiger partial charge in [-0.2, -0.15) is 0 Å². The van der Waals surface area contributed by atoms with Crippen LogP contribution in [0, 0.1) is 12.7 Å². The van der Waals surface area contributed by atoms with Crippen LogP contribution in [0.4, 0.5) is 4.39 Å². The van der Waals surface area contributed by atoms with Crippen molar-refractivity contribution in [3.63, 3.8) is 0 Å². The number of nitrogens with one attached hydrogen (secondary N) is 2. The number of ether oxygens (including phenoxy) is 1. The lowest BCUT2D eigenvalue weighted by Crippen LogP contribution is -2.42. The lowest BCUT2D eigenvalue weighted by molar-refractivity contribution is -0.158. The molecular weight excluding hydrogens is 375 g/mol. The maximum atomic E-state index is 13.2. The predicted molar refractivity (Wildman–Crippen MR) is 105 cm³/mol. The van der Waals surface area contributed by atoms with Gasteiger partial charge in [0.05, 0.1) is 0 Å². The Morgan fingerprint density at radius 3 is 2.41 bits per heavy atom. The molecule has 2 N–H and O–H groups in total. The molecule has 3 rings (SSSR count). The van der Waals surface area contributed by atoms with E-state index in [1.165, 1.54) is 31.2 Å². The minimum absolute atomic E-state index is 0.0718. The van der Waals surface area contributed by atoms with E-state index >= 15 is 0 Å². The van der Waals surface area contributed by atoms with Crippen LogP contribution < -0.4 is 10.6 Å². The maximum absolute atomic E-state index is 13.2. The zero-order valence-electron chi connectivity index (χ0n) is 16.3. The summed E-state index contributed by atoms with van der Waals surface area (Å²) < 4.78 is 18.6. The van der Waals surface area contributed by atoms with Crippen molar-refractivity contribution < 1.29 is 23.5 Å². The summed E-state index contributed by atoms with van der Waals surface area (Å²) in [6, 6.07) is 11.3. The van der Waals surface area contributed by atoms with Crippen molar-refractivity contribution in [2.24, 2.45) is 0 Å². The molecule has 0 heterocycles. The van der Waals surface area contributed by atoms with Crippen LogP contribution in [-0.2, 0) is 14.3 Å². The summed E-state index contributed by atoms with van der Waals surface area (Å²) in [5.41, 5.74) is 1.70. The smallest absolute Gasteiger partial charge is 0.329 e. The second-order valence-corrected chi connectivity index (χ2v) is 7.22. The number of halogens is 1. The average molecular weight is 398 g/mol. The van der Waals surface area contributed by atoms with Crippen LogP contribution in [0.15, 0.2) is 48.5 Å².